The van der Waals surface area contributed by atoms with Crippen LogP contribution in [0.4, 0.5) is 0 Å². The summed E-state index contributed by atoms with van der Waals surface area (Å²) < 4.78 is 16.9. The molecule has 0 aliphatic rings. The fraction of sp³-hybridized carbons (Fsp3) is 0.455. The van der Waals surface area contributed by atoms with Crippen molar-refractivity contribution in [1.82, 2.24) is 0 Å². The third-order valence-corrected chi connectivity index (χ3v) is 4.13. The Morgan fingerprint density at radius 3 is 2.06 bits per heavy atom. The predicted octanol–water partition coefficient (Wildman–Crippen LogP) is 2.60. The Labute approximate surface area is 95.4 Å². The van der Waals surface area contributed by atoms with E-state index in [2.05, 4.69) is 0 Å². The molecule has 0 aliphatic heterocycles. The lowest BCUT2D eigenvalue weighted by molar-refractivity contribution is 0.129. The molecule has 0 aromatic heterocycles. The third-order valence-electron chi connectivity index (χ3n) is 2.32. The van der Waals surface area contributed by atoms with Crippen molar-refractivity contribution in [2.75, 3.05) is 0 Å². The van der Waals surface area contributed by atoms with Crippen LogP contribution >= 0.6 is 7.60 Å². The quantitative estimate of drug-likeness (QED) is 0.802. The Bertz CT molecular complexity index is 414. The minimum atomic E-state index is -4.10. The van der Waals surface area contributed by atoms with Crippen molar-refractivity contribution >= 4 is 7.60 Å². The Hall–Kier alpha value is -0.830. The highest BCUT2D eigenvalue weighted by Crippen LogP contribution is 2.54. The smallest absolute Gasteiger partial charge is 0.407 e. The summed E-state index contributed by atoms with van der Waals surface area (Å²) in [5.74, 6) is 0.357. The van der Waals surface area contributed by atoms with Crippen LogP contribution in [0.1, 0.15) is 25.0 Å². The predicted molar refractivity (Wildman–Crippen MR) is 62.7 cm³/mol. The van der Waals surface area contributed by atoms with Crippen LogP contribution in [0.3, 0.4) is 0 Å². The van der Waals surface area contributed by atoms with E-state index >= 15 is 0 Å². The van der Waals surface area contributed by atoms with Crippen LogP contribution < -0.4 is 4.52 Å². The van der Waals surface area contributed by atoms with Crippen molar-refractivity contribution in [3.05, 3.63) is 29.3 Å². The summed E-state index contributed by atoms with van der Waals surface area (Å²) in [5, 5.41) is 7.77. The lowest BCUT2D eigenvalue weighted by atomic mass is 10.1. The van der Waals surface area contributed by atoms with Crippen LogP contribution in [0.2, 0.25) is 0 Å². The standard InChI is InChI=1S/C11H17O4P/c1-8-6-5-7-9(2)10(8)15-16(13,14)11(3,4)12/h5-7,12H,1-4H3,(H,13,14). The Kier molecular flexibility index (Phi) is 3.48. The molecule has 1 aromatic carbocycles. The van der Waals surface area contributed by atoms with Gasteiger partial charge in [-0.15, -0.1) is 0 Å². The van der Waals surface area contributed by atoms with Crippen LogP contribution in [-0.2, 0) is 4.57 Å². The normalized spacial score (nSPS) is 15.6. The number of benzene rings is 1. The van der Waals surface area contributed by atoms with Crippen molar-refractivity contribution < 1.29 is 19.1 Å². The molecular weight excluding hydrogens is 227 g/mol. The van der Waals surface area contributed by atoms with Gasteiger partial charge in [0.1, 0.15) is 5.75 Å². The number of aryl methyl sites for hydroxylation is 2. The lowest BCUT2D eigenvalue weighted by Gasteiger charge is -2.25. The molecule has 90 valence electrons. The van der Waals surface area contributed by atoms with Crippen LogP contribution in [0, 0.1) is 13.8 Å². The SMILES string of the molecule is Cc1cccc(C)c1OP(=O)(O)C(C)(C)O. The van der Waals surface area contributed by atoms with Gasteiger partial charge in [0.15, 0.2) is 5.34 Å². The maximum atomic E-state index is 11.8. The molecule has 2 N–H and O–H groups in total. The van der Waals surface area contributed by atoms with E-state index in [1.165, 1.54) is 13.8 Å². The molecule has 0 amide bonds. The van der Waals surface area contributed by atoms with Crippen LogP contribution in [0.5, 0.6) is 5.75 Å². The molecular formula is C11H17O4P. The minimum absolute atomic E-state index is 0.357. The summed E-state index contributed by atoms with van der Waals surface area (Å²) in [7, 11) is -4.10. The van der Waals surface area contributed by atoms with Crippen LogP contribution in [0.25, 0.3) is 0 Å². The van der Waals surface area contributed by atoms with Gasteiger partial charge in [-0.3, -0.25) is 0 Å². The zero-order chi connectivity index (χ0) is 12.6. The highest BCUT2D eigenvalue weighted by Gasteiger charge is 2.40. The van der Waals surface area contributed by atoms with Gasteiger partial charge in [0.25, 0.3) is 0 Å². The first kappa shape index (κ1) is 13.2. The van der Waals surface area contributed by atoms with E-state index in [0.29, 0.717) is 5.75 Å². The zero-order valence-electron chi connectivity index (χ0n) is 9.89. The van der Waals surface area contributed by atoms with Gasteiger partial charge in [-0.25, -0.2) is 4.57 Å². The molecule has 0 saturated heterocycles. The molecule has 0 heterocycles. The fourth-order valence-corrected chi connectivity index (χ4v) is 1.94. The van der Waals surface area contributed by atoms with Crippen molar-refractivity contribution in [3.63, 3.8) is 0 Å². The summed E-state index contributed by atoms with van der Waals surface area (Å²) >= 11 is 0. The van der Waals surface area contributed by atoms with Gasteiger partial charge in [0.2, 0.25) is 0 Å². The van der Waals surface area contributed by atoms with Crippen LogP contribution in [-0.4, -0.2) is 15.3 Å². The Morgan fingerprint density at radius 2 is 1.69 bits per heavy atom. The molecule has 1 rings (SSSR count). The van der Waals surface area contributed by atoms with Gasteiger partial charge in [0, 0.05) is 0 Å². The first-order chi connectivity index (χ1) is 7.15. The molecule has 5 heteroatoms. The van der Waals surface area contributed by atoms with E-state index in [9.17, 15) is 14.6 Å². The summed E-state index contributed by atoms with van der Waals surface area (Å²) in [5.41, 5.74) is 1.53. The summed E-state index contributed by atoms with van der Waals surface area (Å²) in [6, 6.07) is 5.41. The van der Waals surface area contributed by atoms with E-state index in [0.717, 1.165) is 11.1 Å². The van der Waals surface area contributed by atoms with Crippen LogP contribution in [0.15, 0.2) is 18.2 Å². The second-order valence-corrected chi connectivity index (χ2v) is 6.64. The molecule has 0 spiro atoms. The monoisotopic (exact) mass is 244 g/mol. The minimum Gasteiger partial charge on any atom is -0.422 e. The van der Waals surface area contributed by atoms with Gasteiger partial charge < -0.3 is 14.5 Å². The Morgan fingerprint density at radius 1 is 1.25 bits per heavy atom. The largest absolute Gasteiger partial charge is 0.422 e. The van der Waals surface area contributed by atoms with Gasteiger partial charge in [-0.1, -0.05) is 18.2 Å². The highest BCUT2D eigenvalue weighted by atomic mass is 31.2. The van der Waals surface area contributed by atoms with Gasteiger partial charge in [0.05, 0.1) is 0 Å². The topological polar surface area (TPSA) is 66.8 Å². The molecule has 16 heavy (non-hydrogen) atoms. The number of aliphatic hydroxyl groups is 1. The molecule has 1 aromatic rings. The average molecular weight is 244 g/mol. The molecule has 1 atom stereocenters. The second-order valence-electron chi connectivity index (χ2n) is 4.33. The van der Waals surface area contributed by atoms with Crippen molar-refractivity contribution in [3.8, 4) is 5.75 Å². The first-order valence-corrected chi connectivity index (χ1v) is 6.54. The molecule has 0 fully saturated rings. The summed E-state index contributed by atoms with van der Waals surface area (Å²) in [6.07, 6.45) is 0. The summed E-state index contributed by atoms with van der Waals surface area (Å²) in [6.45, 7) is 6.07. The van der Waals surface area contributed by atoms with Crippen molar-refractivity contribution in [2.45, 2.75) is 33.0 Å². The molecule has 0 bridgehead atoms. The van der Waals surface area contributed by atoms with Crippen molar-refractivity contribution in [2.24, 2.45) is 0 Å². The Balaban J connectivity index is 3.11. The number of hydrogen-bond acceptors (Lipinski definition) is 3. The van der Waals surface area contributed by atoms with Crippen molar-refractivity contribution in [1.29, 1.82) is 0 Å². The second kappa shape index (κ2) is 4.21. The maximum Gasteiger partial charge on any atom is 0.407 e. The van der Waals surface area contributed by atoms with E-state index in [4.69, 9.17) is 4.52 Å². The molecule has 0 saturated carbocycles. The number of hydrogen-bond donors (Lipinski definition) is 2. The number of rotatable bonds is 3. The zero-order valence-corrected chi connectivity index (χ0v) is 10.8. The lowest BCUT2D eigenvalue weighted by Crippen LogP contribution is -2.22. The van der Waals surface area contributed by atoms with Gasteiger partial charge in [-0.2, -0.15) is 0 Å². The van der Waals surface area contributed by atoms with Gasteiger partial charge >= 0.3 is 7.60 Å². The number of para-hydroxylation sites is 1. The molecule has 1 unspecified atom stereocenters. The fourth-order valence-electron chi connectivity index (χ4n) is 1.18. The molecule has 0 aliphatic carbocycles. The van der Waals surface area contributed by atoms with E-state index in [1.807, 2.05) is 6.07 Å². The average Bonchev–Trinajstić information content (AvgIpc) is 2.10. The first-order valence-electron chi connectivity index (χ1n) is 4.96. The van der Waals surface area contributed by atoms with E-state index in [-0.39, 0.29) is 0 Å². The summed E-state index contributed by atoms with van der Waals surface area (Å²) in [4.78, 5) is 9.64. The highest BCUT2D eigenvalue weighted by molar-refractivity contribution is 7.54. The molecule has 4 nitrogen and oxygen atoms in total. The van der Waals surface area contributed by atoms with Gasteiger partial charge in [-0.05, 0) is 38.8 Å². The maximum absolute atomic E-state index is 11.8. The van der Waals surface area contributed by atoms with E-state index in [1.54, 1.807) is 26.0 Å². The van der Waals surface area contributed by atoms with E-state index < -0.39 is 12.9 Å². The third kappa shape index (κ3) is 2.64. The molecule has 0 radical (unpaired) electrons.